The van der Waals surface area contributed by atoms with Crippen molar-refractivity contribution in [1.29, 1.82) is 0 Å². The summed E-state index contributed by atoms with van der Waals surface area (Å²) in [6.45, 7) is 9.46. The van der Waals surface area contributed by atoms with Crippen LogP contribution in [0.4, 0.5) is 0 Å². The van der Waals surface area contributed by atoms with E-state index in [1.54, 1.807) is 0 Å². The van der Waals surface area contributed by atoms with Gasteiger partial charge in [-0.25, -0.2) is 0 Å². The Balaban J connectivity index is 0.000000138. The fourth-order valence-corrected chi connectivity index (χ4v) is 20.6. The molecule has 0 heterocycles. The van der Waals surface area contributed by atoms with Gasteiger partial charge < -0.3 is 0 Å². The largest absolute Gasteiger partial charge is 0.0616 e. The Morgan fingerprint density at radius 2 is 0.373 bits per heavy atom. The monoisotopic (exact) mass is 1500 g/mol. The summed E-state index contributed by atoms with van der Waals surface area (Å²) in [6.07, 6.45) is 0. The quantitative estimate of drug-likeness (QED) is 0.105. The maximum atomic E-state index is 2.42. The van der Waals surface area contributed by atoms with Gasteiger partial charge in [0.1, 0.15) is 0 Å². The van der Waals surface area contributed by atoms with Crippen LogP contribution in [0.2, 0.25) is 0 Å². The molecule has 0 unspecified atom stereocenters. The summed E-state index contributed by atoms with van der Waals surface area (Å²) in [6, 6.07) is 154. The molecule has 22 aromatic carbocycles. The van der Waals surface area contributed by atoms with Crippen molar-refractivity contribution >= 4 is 108 Å². The molecule has 2 aliphatic rings. The lowest BCUT2D eigenvalue weighted by atomic mass is 9.81. The van der Waals surface area contributed by atoms with E-state index in [0.717, 1.165) is 0 Å². The highest BCUT2D eigenvalue weighted by atomic mass is 14.4. The molecule has 0 aromatic heterocycles. The van der Waals surface area contributed by atoms with Crippen LogP contribution in [-0.2, 0) is 10.8 Å². The molecule has 0 atom stereocenters. The lowest BCUT2D eigenvalue weighted by Gasteiger charge is -2.22. The highest BCUT2D eigenvalue weighted by Crippen LogP contribution is 2.55. The minimum Gasteiger partial charge on any atom is -0.0616 e. The van der Waals surface area contributed by atoms with Crippen LogP contribution in [-0.4, -0.2) is 0 Å². The van der Waals surface area contributed by atoms with Gasteiger partial charge in [0, 0.05) is 10.8 Å². The van der Waals surface area contributed by atoms with Gasteiger partial charge in [-0.1, -0.05) is 386 Å². The number of rotatable bonds is 8. The molecule has 0 saturated heterocycles. The summed E-state index contributed by atoms with van der Waals surface area (Å²) >= 11 is 0. The summed E-state index contributed by atoms with van der Waals surface area (Å²) in [5, 5.41) is 25.6. The third kappa shape index (κ3) is 11.0. The lowest BCUT2D eigenvalue weighted by Crippen LogP contribution is -2.14. The van der Waals surface area contributed by atoms with Crippen LogP contribution in [0.5, 0.6) is 0 Å². The van der Waals surface area contributed by atoms with E-state index >= 15 is 0 Å². The fraction of sp³-hybridized carbons (Fsp3) is 0.0508. The number of fused-ring (bicyclic) bond motifs is 18. The molecule has 0 aliphatic heterocycles. The average molecular weight is 1500 g/mol. The van der Waals surface area contributed by atoms with Gasteiger partial charge in [0.15, 0.2) is 0 Å². The standard InChI is InChI=1S/2C59H40/c1-59(2)55-31-30-41(34-53(55)54-33-39-14-3-4-15-40(39)36-56(54)59)37-26-28-38(29-27-37)57-48-22-9-11-24-50(48)58(51-25-12-10-23-49(51)57)44-18-13-17-42(32-44)52-35-43-16-5-6-19-45(43)46-20-7-8-21-47(46)52;1-59(2)55-32-31-43(34-53(55)54-33-41-13-3-4-14-42(41)36-56(54)59)37-23-27-39(28-24-37)57-48-19-9-11-21-50(48)58(51-22-12-10-20-49(51)57)40-29-25-38(26-30-40)52-35-44-15-5-6-16-45(44)46-17-7-8-18-47(46)52/h2*3-36H,1-2H3. The second-order valence-corrected chi connectivity index (χ2v) is 33.6. The summed E-state index contributed by atoms with van der Waals surface area (Å²) < 4.78 is 0. The molecular weight excluding hydrogens is 1420 g/mol. The number of hydrogen-bond acceptors (Lipinski definition) is 0. The van der Waals surface area contributed by atoms with E-state index in [1.807, 2.05) is 0 Å². The molecule has 0 spiro atoms. The molecular formula is C118H80. The zero-order chi connectivity index (χ0) is 78.5. The second kappa shape index (κ2) is 27.0. The summed E-state index contributed by atoms with van der Waals surface area (Å²) in [7, 11) is 0. The highest BCUT2D eigenvalue weighted by Gasteiger charge is 2.38. The van der Waals surface area contributed by atoms with Crippen molar-refractivity contribution < 1.29 is 0 Å². The van der Waals surface area contributed by atoms with Crippen LogP contribution >= 0.6 is 0 Å². The van der Waals surface area contributed by atoms with E-state index in [9.17, 15) is 0 Å². The average Bonchev–Trinajstić information content (AvgIpc) is 1.54. The molecule has 24 rings (SSSR count). The van der Waals surface area contributed by atoms with Gasteiger partial charge in [0.2, 0.25) is 0 Å². The van der Waals surface area contributed by atoms with E-state index < -0.39 is 0 Å². The molecule has 0 radical (unpaired) electrons. The normalized spacial score (nSPS) is 13.1. The van der Waals surface area contributed by atoms with Crippen molar-refractivity contribution in [3.8, 4) is 111 Å². The molecule has 0 amide bonds. The molecule has 22 aromatic rings. The zero-order valence-corrected chi connectivity index (χ0v) is 66.3. The van der Waals surface area contributed by atoms with Crippen LogP contribution < -0.4 is 0 Å². The molecule has 118 heavy (non-hydrogen) atoms. The molecule has 0 fully saturated rings. The lowest BCUT2D eigenvalue weighted by molar-refractivity contribution is 0.661. The summed E-state index contributed by atoms with van der Waals surface area (Å²) in [5.41, 5.74) is 30.9. The van der Waals surface area contributed by atoms with Gasteiger partial charge in [0.25, 0.3) is 0 Å². The van der Waals surface area contributed by atoms with E-state index in [2.05, 4.69) is 440 Å². The van der Waals surface area contributed by atoms with Crippen molar-refractivity contribution in [3.63, 3.8) is 0 Å². The number of benzene rings is 22. The topological polar surface area (TPSA) is 0 Å². The molecule has 0 N–H and O–H groups in total. The first-order chi connectivity index (χ1) is 58.0. The Labute approximate surface area is 687 Å². The Morgan fingerprint density at radius 1 is 0.127 bits per heavy atom. The molecule has 2 aliphatic carbocycles. The van der Waals surface area contributed by atoms with Crippen LogP contribution in [0.3, 0.4) is 0 Å². The molecule has 0 nitrogen and oxygen atoms in total. The summed E-state index contributed by atoms with van der Waals surface area (Å²) in [4.78, 5) is 0. The van der Waals surface area contributed by atoms with Crippen LogP contribution in [0.1, 0.15) is 49.9 Å². The molecule has 0 saturated carbocycles. The van der Waals surface area contributed by atoms with Gasteiger partial charge in [-0.2, -0.15) is 0 Å². The maximum absolute atomic E-state index is 2.42. The predicted molar refractivity (Wildman–Crippen MR) is 507 cm³/mol. The Hall–Kier alpha value is -14.6. The highest BCUT2D eigenvalue weighted by molar-refractivity contribution is 6.24. The van der Waals surface area contributed by atoms with Crippen molar-refractivity contribution in [3.05, 3.63) is 435 Å². The molecule has 552 valence electrons. The Bertz CT molecular complexity index is 7830. The predicted octanol–water partition coefficient (Wildman–Crippen LogP) is 32.9. The SMILES string of the molecule is CC1(C)c2ccc(-c3ccc(-c4c5ccccc5c(-c5ccc(-c6cc7ccccc7c7ccccc67)cc5)c5ccccc45)cc3)cc2-c2cc3ccccc3cc21.CC1(C)c2ccc(-c3ccc(-c4c5ccccc5c(-c5cccc(-c6cc7ccccc7c7ccccc67)c5)c5ccccc45)cc3)cc2-c2cc3ccccc3cc21. The zero-order valence-electron chi connectivity index (χ0n) is 66.3. The number of hydrogen-bond donors (Lipinski definition) is 0. The van der Waals surface area contributed by atoms with Gasteiger partial charge in [0.05, 0.1) is 0 Å². The van der Waals surface area contributed by atoms with Gasteiger partial charge in [-0.05, 0) is 296 Å². The third-order valence-corrected chi connectivity index (χ3v) is 26.4. The van der Waals surface area contributed by atoms with Crippen molar-refractivity contribution in [2.75, 3.05) is 0 Å². The first-order valence-corrected chi connectivity index (χ1v) is 41.5. The first kappa shape index (κ1) is 69.0. The van der Waals surface area contributed by atoms with E-state index in [1.165, 1.54) is 241 Å². The minimum atomic E-state index is -0.0442. The summed E-state index contributed by atoms with van der Waals surface area (Å²) in [5.74, 6) is 0. The fourth-order valence-electron chi connectivity index (χ4n) is 20.6. The van der Waals surface area contributed by atoms with Gasteiger partial charge in [-0.15, -0.1) is 0 Å². The van der Waals surface area contributed by atoms with Crippen LogP contribution in [0.15, 0.2) is 413 Å². The molecule has 0 heteroatoms. The maximum Gasteiger partial charge on any atom is 0.0159 e. The van der Waals surface area contributed by atoms with Crippen molar-refractivity contribution in [1.82, 2.24) is 0 Å². The van der Waals surface area contributed by atoms with Crippen LogP contribution in [0.25, 0.3) is 219 Å². The van der Waals surface area contributed by atoms with E-state index in [4.69, 9.17) is 0 Å². The minimum absolute atomic E-state index is 0.0421. The smallest absolute Gasteiger partial charge is 0.0159 e. The van der Waals surface area contributed by atoms with Gasteiger partial charge in [-0.3, -0.25) is 0 Å². The molecule has 0 bridgehead atoms. The second-order valence-electron chi connectivity index (χ2n) is 33.6. The van der Waals surface area contributed by atoms with Crippen molar-refractivity contribution in [2.45, 2.75) is 38.5 Å². The van der Waals surface area contributed by atoms with E-state index in [-0.39, 0.29) is 10.8 Å². The van der Waals surface area contributed by atoms with Crippen molar-refractivity contribution in [2.24, 2.45) is 0 Å². The van der Waals surface area contributed by atoms with Crippen LogP contribution in [0, 0.1) is 0 Å². The third-order valence-electron chi connectivity index (χ3n) is 26.4. The van der Waals surface area contributed by atoms with Gasteiger partial charge >= 0.3 is 0 Å². The Morgan fingerprint density at radius 3 is 0.737 bits per heavy atom. The Kier molecular flexibility index (Phi) is 15.8. The first-order valence-electron chi connectivity index (χ1n) is 41.5. The van der Waals surface area contributed by atoms with E-state index in [0.29, 0.717) is 0 Å².